The predicted molar refractivity (Wildman–Crippen MR) is 129 cm³/mol. The topological polar surface area (TPSA) is 26.3 Å². The van der Waals surface area contributed by atoms with E-state index < -0.39 is 29.6 Å². The summed E-state index contributed by atoms with van der Waals surface area (Å²) in [6.07, 6.45) is 8.76. The first-order valence-electron chi connectivity index (χ1n) is 10.8. The number of carbonyl (C=O) groups is 1. The minimum atomic E-state index is -1.86. The molecule has 0 bridgehead atoms. The maximum Gasteiger partial charge on any atom is 0.158 e. The van der Waals surface area contributed by atoms with Gasteiger partial charge < -0.3 is 9.22 Å². The SMILES string of the molecule is CCCCCCC[C@H](O[Si]([Si](C)(C)C)([Si](C)(C)C)[Si](C)(C)C)[C@@H](C)C=O. The highest BCUT2D eigenvalue weighted by Gasteiger charge is 2.64. The molecule has 0 rings (SSSR count). The van der Waals surface area contributed by atoms with Crippen LogP contribution in [0.25, 0.3) is 0 Å². The van der Waals surface area contributed by atoms with Crippen LogP contribution in [0.1, 0.15) is 52.4 Å². The van der Waals surface area contributed by atoms with Gasteiger partial charge in [0.15, 0.2) is 6.87 Å². The van der Waals surface area contributed by atoms with E-state index in [1.165, 1.54) is 32.1 Å². The fourth-order valence-corrected chi connectivity index (χ4v) is 99.7. The van der Waals surface area contributed by atoms with E-state index in [-0.39, 0.29) is 12.0 Å². The second-order valence-electron chi connectivity index (χ2n) is 11.3. The molecular weight excluding hydrogens is 385 g/mol. The highest BCUT2D eigenvalue weighted by Crippen LogP contribution is 2.40. The third-order valence-electron chi connectivity index (χ3n) is 5.89. The molecule has 0 aromatic heterocycles. The van der Waals surface area contributed by atoms with Gasteiger partial charge in [0, 0.05) is 5.92 Å². The van der Waals surface area contributed by atoms with Gasteiger partial charge in [-0.05, 0) is 6.42 Å². The molecule has 0 radical (unpaired) electrons. The first-order chi connectivity index (χ1) is 11.7. The molecule has 0 aliphatic rings. The molecule has 0 N–H and O–H groups in total. The summed E-state index contributed by atoms with van der Waals surface area (Å²) < 4.78 is 7.38. The molecule has 0 aromatic carbocycles. The van der Waals surface area contributed by atoms with Crippen LogP contribution in [0.2, 0.25) is 58.9 Å². The van der Waals surface area contributed by atoms with E-state index in [0.717, 1.165) is 12.7 Å². The summed E-state index contributed by atoms with van der Waals surface area (Å²) >= 11 is 0. The van der Waals surface area contributed by atoms with Crippen molar-refractivity contribution in [2.24, 2.45) is 5.92 Å². The Bertz CT molecular complexity index is 383. The van der Waals surface area contributed by atoms with E-state index in [1.807, 2.05) is 0 Å². The molecule has 0 fully saturated rings. The molecule has 0 amide bonds. The molecule has 0 spiro atoms. The fourth-order valence-electron chi connectivity index (χ4n) is 5.60. The van der Waals surface area contributed by atoms with Crippen LogP contribution in [0.5, 0.6) is 0 Å². The van der Waals surface area contributed by atoms with Gasteiger partial charge >= 0.3 is 0 Å². The minimum absolute atomic E-state index is 0.0251. The summed E-state index contributed by atoms with van der Waals surface area (Å²) in [5.74, 6) is 0.0251. The lowest BCUT2D eigenvalue weighted by Gasteiger charge is -2.57. The highest BCUT2D eigenvalue weighted by atomic mass is 29.9. The van der Waals surface area contributed by atoms with Gasteiger partial charge in [0.1, 0.15) is 6.29 Å². The van der Waals surface area contributed by atoms with Crippen molar-refractivity contribution in [3.63, 3.8) is 0 Å². The van der Waals surface area contributed by atoms with Crippen molar-refractivity contribution in [2.75, 3.05) is 0 Å². The Morgan fingerprint density at radius 1 is 0.769 bits per heavy atom. The molecule has 0 saturated carbocycles. The van der Waals surface area contributed by atoms with E-state index in [0.29, 0.717) is 0 Å². The molecule has 0 aliphatic heterocycles. The summed E-state index contributed by atoms with van der Waals surface area (Å²) in [7, 11) is -4.40. The van der Waals surface area contributed by atoms with Crippen molar-refractivity contribution < 1.29 is 9.22 Å². The van der Waals surface area contributed by atoms with Crippen LogP contribution >= 0.6 is 0 Å². The fraction of sp³-hybridized carbons (Fsp3) is 0.950. The number of hydrogen-bond donors (Lipinski definition) is 0. The van der Waals surface area contributed by atoms with Gasteiger partial charge in [0.25, 0.3) is 0 Å². The van der Waals surface area contributed by atoms with Gasteiger partial charge in [0.05, 0.1) is 28.9 Å². The summed E-state index contributed by atoms with van der Waals surface area (Å²) in [6, 6.07) is 0. The third-order valence-corrected chi connectivity index (χ3v) is 73.5. The van der Waals surface area contributed by atoms with Crippen LogP contribution in [0.3, 0.4) is 0 Å². The van der Waals surface area contributed by atoms with Crippen LogP contribution in [-0.2, 0) is 9.22 Å². The largest absolute Gasteiger partial charge is 0.422 e. The zero-order valence-electron chi connectivity index (χ0n) is 19.8. The van der Waals surface area contributed by atoms with E-state index in [4.69, 9.17) is 4.43 Å². The van der Waals surface area contributed by atoms with Crippen molar-refractivity contribution >= 4 is 35.9 Å². The average molecular weight is 433 g/mol. The van der Waals surface area contributed by atoms with Crippen molar-refractivity contribution in [3.8, 4) is 0 Å². The number of rotatable bonds is 13. The van der Waals surface area contributed by atoms with Crippen LogP contribution in [0.4, 0.5) is 0 Å². The first kappa shape index (κ1) is 26.5. The molecule has 2 nitrogen and oxygen atoms in total. The molecule has 156 valence electrons. The summed E-state index contributed by atoms with van der Waals surface area (Å²) in [6.45, 7) is 25.5. The Kier molecular flexibility index (Phi) is 10.5. The average Bonchev–Trinajstić information content (AvgIpc) is 2.45. The van der Waals surface area contributed by atoms with Gasteiger partial charge in [-0.3, -0.25) is 0 Å². The normalized spacial score (nSPS) is 16.4. The Morgan fingerprint density at radius 2 is 1.19 bits per heavy atom. The lowest BCUT2D eigenvalue weighted by atomic mass is 10.00. The minimum Gasteiger partial charge on any atom is -0.422 e. The summed E-state index contributed by atoms with van der Waals surface area (Å²) in [5.41, 5.74) is 0. The summed E-state index contributed by atoms with van der Waals surface area (Å²) in [5, 5.41) is 0. The molecule has 0 heterocycles. The van der Waals surface area contributed by atoms with Gasteiger partial charge in [-0.1, -0.05) is 105 Å². The maximum absolute atomic E-state index is 11.7. The van der Waals surface area contributed by atoms with Crippen molar-refractivity contribution in [2.45, 2.75) is 117 Å². The predicted octanol–water partition coefficient (Wildman–Crippen LogP) is 6.76. The number of carbonyl (C=O) groups excluding carboxylic acids is 1. The zero-order valence-corrected chi connectivity index (χ0v) is 23.8. The zero-order chi connectivity index (χ0) is 20.8. The molecule has 0 saturated heterocycles. The van der Waals surface area contributed by atoms with E-state index >= 15 is 0 Å². The van der Waals surface area contributed by atoms with Crippen molar-refractivity contribution in [1.29, 1.82) is 0 Å². The maximum atomic E-state index is 11.7. The standard InChI is InChI=1S/C20H48O2Si4/c1-12-13-14-15-16-17-20(19(2)18-21)22-26(23(3,4)5,24(6,7)8)25(9,10)11/h18-20H,12-17H2,1-11H3/t19-,20-/m0/s1. The molecular formula is C20H48O2Si4. The lowest BCUT2D eigenvalue weighted by molar-refractivity contribution is -0.113. The van der Waals surface area contributed by atoms with Crippen LogP contribution in [0.15, 0.2) is 0 Å². The Labute approximate surface area is 168 Å². The van der Waals surface area contributed by atoms with Crippen LogP contribution in [0, 0.1) is 5.92 Å². The second-order valence-corrected chi connectivity index (χ2v) is 50.7. The van der Waals surface area contributed by atoms with E-state index in [1.54, 1.807) is 0 Å². The Morgan fingerprint density at radius 3 is 1.54 bits per heavy atom. The molecule has 0 aromatic rings. The number of aldehydes is 1. The smallest absolute Gasteiger partial charge is 0.158 e. The van der Waals surface area contributed by atoms with Gasteiger partial charge in [-0.2, -0.15) is 0 Å². The molecule has 26 heavy (non-hydrogen) atoms. The van der Waals surface area contributed by atoms with E-state index in [2.05, 4.69) is 72.8 Å². The van der Waals surface area contributed by atoms with Crippen molar-refractivity contribution in [1.82, 2.24) is 0 Å². The Hall–Kier alpha value is 0.498. The van der Waals surface area contributed by atoms with Gasteiger partial charge in [-0.25, -0.2) is 0 Å². The number of unbranched alkanes of at least 4 members (excludes halogenated alkanes) is 4. The first-order valence-corrected chi connectivity index (χ1v) is 26.2. The molecule has 0 unspecified atom stereocenters. The monoisotopic (exact) mass is 432 g/mol. The van der Waals surface area contributed by atoms with Gasteiger partial charge in [0.2, 0.25) is 0 Å². The van der Waals surface area contributed by atoms with Crippen LogP contribution < -0.4 is 0 Å². The molecule has 6 heteroatoms. The lowest BCUT2D eigenvalue weighted by Crippen LogP contribution is -2.85. The quantitative estimate of drug-likeness (QED) is 0.182. The summed E-state index contributed by atoms with van der Waals surface area (Å²) in [4.78, 5) is 11.7. The highest BCUT2D eigenvalue weighted by molar-refractivity contribution is 7.87. The van der Waals surface area contributed by atoms with E-state index in [9.17, 15) is 4.79 Å². The second kappa shape index (κ2) is 10.3. The van der Waals surface area contributed by atoms with Crippen molar-refractivity contribution in [3.05, 3.63) is 0 Å². The van der Waals surface area contributed by atoms with Gasteiger partial charge in [-0.15, -0.1) is 0 Å². The molecule has 0 aliphatic carbocycles. The Balaban J connectivity index is 5.74. The van der Waals surface area contributed by atoms with Crippen LogP contribution in [-0.4, -0.2) is 42.0 Å². The third kappa shape index (κ3) is 6.53. The molecule has 2 atom stereocenters. The number of hydrogen-bond acceptors (Lipinski definition) is 2.